The van der Waals surface area contributed by atoms with Gasteiger partial charge in [-0.1, -0.05) is 19.9 Å². The summed E-state index contributed by atoms with van der Waals surface area (Å²) < 4.78 is 0. The van der Waals surface area contributed by atoms with Crippen molar-refractivity contribution in [2.24, 2.45) is 5.92 Å². The van der Waals surface area contributed by atoms with E-state index < -0.39 is 5.50 Å². The Morgan fingerprint density at radius 2 is 2.08 bits per heavy atom. The van der Waals surface area contributed by atoms with E-state index in [1.165, 1.54) is 29.3 Å². The fourth-order valence-electron chi connectivity index (χ4n) is 3.36. The van der Waals surface area contributed by atoms with Gasteiger partial charge in [-0.05, 0) is 48.4 Å². The van der Waals surface area contributed by atoms with E-state index in [-0.39, 0.29) is 35.8 Å². The minimum absolute atomic E-state index is 0.120. The van der Waals surface area contributed by atoms with E-state index in [1.807, 2.05) is 26.0 Å². The molecule has 1 fully saturated rings. The lowest BCUT2D eigenvalue weighted by Crippen LogP contribution is -2.56. The van der Waals surface area contributed by atoms with Crippen LogP contribution in [0.25, 0.3) is 0 Å². The minimum atomic E-state index is -0.489. The summed E-state index contributed by atoms with van der Waals surface area (Å²) in [5.74, 6) is -0.142. The van der Waals surface area contributed by atoms with Crippen molar-refractivity contribution in [2.45, 2.75) is 45.0 Å². The third-order valence-corrected chi connectivity index (χ3v) is 5.63. The standard InChI is InChI=1S/C19H25N3O3S/c1-12(2)10-22-18(25)9-16(23)21-19(22)26-11-17(24)20-15-7-6-13-4-3-5-14(13)8-15/h6-8,12,19H,3-5,9-11H2,1-2H3,(H,20,24)(H,21,23)/t19-/m0/s1. The van der Waals surface area contributed by atoms with Crippen LogP contribution in [0.1, 0.15) is 37.8 Å². The maximum absolute atomic E-state index is 12.3. The maximum atomic E-state index is 12.3. The SMILES string of the molecule is CC(C)CN1C(=O)CC(=O)N[C@@H]1SCC(=O)Nc1ccc2c(c1)CCC2. The van der Waals surface area contributed by atoms with Gasteiger partial charge in [0.15, 0.2) is 5.50 Å². The van der Waals surface area contributed by atoms with Crippen molar-refractivity contribution >= 4 is 35.2 Å². The van der Waals surface area contributed by atoms with Crippen molar-refractivity contribution in [1.29, 1.82) is 0 Å². The van der Waals surface area contributed by atoms with Crippen LogP contribution < -0.4 is 10.6 Å². The fraction of sp³-hybridized carbons (Fsp3) is 0.526. The molecule has 7 heteroatoms. The zero-order valence-electron chi connectivity index (χ0n) is 15.2. The second-order valence-electron chi connectivity index (χ2n) is 7.23. The van der Waals surface area contributed by atoms with E-state index in [4.69, 9.17) is 0 Å². The van der Waals surface area contributed by atoms with E-state index in [2.05, 4.69) is 16.7 Å². The van der Waals surface area contributed by atoms with Gasteiger partial charge < -0.3 is 15.5 Å². The van der Waals surface area contributed by atoms with Crippen LogP contribution in [0.5, 0.6) is 0 Å². The first kappa shape index (κ1) is 18.8. The smallest absolute Gasteiger partial charge is 0.234 e. The zero-order chi connectivity index (χ0) is 18.7. The molecule has 1 heterocycles. The lowest BCUT2D eigenvalue weighted by molar-refractivity contribution is -0.142. The number of hydrogen-bond acceptors (Lipinski definition) is 4. The summed E-state index contributed by atoms with van der Waals surface area (Å²) in [6.07, 6.45) is 3.23. The second-order valence-corrected chi connectivity index (χ2v) is 8.30. The number of anilines is 1. The molecule has 0 unspecified atom stereocenters. The molecule has 1 aliphatic heterocycles. The Morgan fingerprint density at radius 1 is 1.31 bits per heavy atom. The summed E-state index contributed by atoms with van der Waals surface area (Å²) in [5, 5.41) is 5.72. The number of thioether (sulfide) groups is 1. The normalized spacial score (nSPS) is 19.5. The Labute approximate surface area is 158 Å². The molecular weight excluding hydrogens is 350 g/mol. The Morgan fingerprint density at radius 3 is 2.85 bits per heavy atom. The second kappa shape index (κ2) is 8.12. The molecule has 0 spiro atoms. The number of benzene rings is 1. The van der Waals surface area contributed by atoms with E-state index in [9.17, 15) is 14.4 Å². The number of carbonyl (C=O) groups is 3. The van der Waals surface area contributed by atoms with E-state index in [0.717, 1.165) is 18.5 Å². The lowest BCUT2D eigenvalue weighted by Gasteiger charge is -2.36. The largest absolute Gasteiger partial charge is 0.327 e. The van der Waals surface area contributed by atoms with Crippen molar-refractivity contribution in [3.63, 3.8) is 0 Å². The van der Waals surface area contributed by atoms with Crippen LogP contribution in [-0.4, -0.2) is 40.4 Å². The Kier molecular flexibility index (Phi) is 5.86. The molecule has 26 heavy (non-hydrogen) atoms. The van der Waals surface area contributed by atoms with Crippen molar-refractivity contribution in [1.82, 2.24) is 10.2 Å². The van der Waals surface area contributed by atoms with Crippen LogP contribution in [-0.2, 0) is 27.2 Å². The zero-order valence-corrected chi connectivity index (χ0v) is 16.0. The van der Waals surface area contributed by atoms with Gasteiger partial charge in [-0.2, -0.15) is 0 Å². The first-order valence-corrected chi connectivity index (χ1v) is 10.1. The van der Waals surface area contributed by atoms with Gasteiger partial charge in [0.1, 0.15) is 6.42 Å². The van der Waals surface area contributed by atoms with Gasteiger partial charge in [0.2, 0.25) is 17.7 Å². The number of rotatable bonds is 6. The number of carbonyl (C=O) groups excluding carboxylic acids is 3. The number of fused-ring (bicyclic) bond motifs is 1. The van der Waals surface area contributed by atoms with Crippen LogP contribution >= 0.6 is 11.8 Å². The van der Waals surface area contributed by atoms with Gasteiger partial charge >= 0.3 is 0 Å². The Bertz CT molecular complexity index is 720. The molecule has 140 valence electrons. The highest BCUT2D eigenvalue weighted by molar-refractivity contribution is 8.00. The molecule has 0 aromatic heterocycles. The predicted molar refractivity (Wildman–Crippen MR) is 103 cm³/mol. The molecule has 1 saturated heterocycles. The fourth-order valence-corrected chi connectivity index (χ4v) is 4.34. The van der Waals surface area contributed by atoms with E-state index in [1.54, 1.807) is 4.90 Å². The number of amides is 3. The van der Waals surface area contributed by atoms with Crippen molar-refractivity contribution in [2.75, 3.05) is 17.6 Å². The molecule has 2 N–H and O–H groups in total. The molecular formula is C19H25N3O3S. The van der Waals surface area contributed by atoms with Crippen LogP contribution in [0.2, 0.25) is 0 Å². The quantitative estimate of drug-likeness (QED) is 0.747. The average molecular weight is 375 g/mol. The highest BCUT2D eigenvalue weighted by Crippen LogP contribution is 2.25. The Hall–Kier alpha value is -2.02. The molecule has 1 aromatic rings. The first-order valence-electron chi connectivity index (χ1n) is 9.04. The molecule has 0 radical (unpaired) electrons. The number of aryl methyl sites for hydroxylation is 2. The molecule has 1 atom stereocenters. The summed E-state index contributed by atoms with van der Waals surface area (Å²) in [4.78, 5) is 37.8. The highest BCUT2D eigenvalue weighted by Gasteiger charge is 2.33. The van der Waals surface area contributed by atoms with Gasteiger partial charge in [-0.3, -0.25) is 14.4 Å². The molecule has 3 rings (SSSR count). The average Bonchev–Trinajstić information content (AvgIpc) is 3.03. The lowest BCUT2D eigenvalue weighted by atomic mass is 10.1. The van der Waals surface area contributed by atoms with Crippen LogP contribution in [0.3, 0.4) is 0 Å². The number of nitrogens with one attached hydrogen (secondary N) is 2. The molecule has 0 bridgehead atoms. The topological polar surface area (TPSA) is 78.5 Å². The van der Waals surface area contributed by atoms with Crippen LogP contribution in [0, 0.1) is 5.92 Å². The van der Waals surface area contributed by atoms with Gasteiger partial charge in [0, 0.05) is 12.2 Å². The highest BCUT2D eigenvalue weighted by atomic mass is 32.2. The molecule has 6 nitrogen and oxygen atoms in total. The van der Waals surface area contributed by atoms with Crippen molar-refractivity contribution in [3.05, 3.63) is 29.3 Å². The summed E-state index contributed by atoms with van der Waals surface area (Å²) in [6, 6.07) is 6.06. The molecule has 0 saturated carbocycles. The van der Waals surface area contributed by atoms with Gasteiger partial charge in [0.25, 0.3) is 0 Å². The molecule has 1 aromatic carbocycles. The minimum Gasteiger partial charge on any atom is -0.327 e. The van der Waals surface area contributed by atoms with Crippen LogP contribution in [0.15, 0.2) is 18.2 Å². The van der Waals surface area contributed by atoms with E-state index >= 15 is 0 Å². The van der Waals surface area contributed by atoms with E-state index in [0.29, 0.717) is 6.54 Å². The van der Waals surface area contributed by atoms with Gasteiger partial charge in [-0.15, -0.1) is 11.8 Å². The van der Waals surface area contributed by atoms with Crippen LogP contribution in [0.4, 0.5) is 5.69 Å². The summed E-state index contributed by atoms with van der Waals surface area (Å²) in [5.41, 5.74) is 2.99. The van der Waals surface area contributed by atoms with Gasteiger partial charge in [0.05, 0.1) is 5.75 Å². The number of hydrogen-bond donors (Lipinski definition) is 2. The number of nitrogens with zero attached hydrogens (tertiary/aromatic N) is 1. The third kappa shape index (κ3) is 4.58. The molecule has 1 aliphatic carbocycles. The first-order chi connectivity index (χ1) is 12.4. The third-order valence-electron chi connectivity index (χ3n) is 4.52. The van der Waals surface area contributed by atoms with Gasteiger partial charge in [-0.25, -0.2) is 0 Å². The maximum Gasteiger partial charge on any atom is 0.234 e. The summed E-state index contributed by atoms with van der Waals surface area (Å²) in [6.45, 7) is 4.60. The predicted octanol–water partition coefficient (Wildman–Crippen LogP) is 2.14. The Balaban J connectivity index is 1.56. The summed E-state index contributed by atoms with van der Waals surface area (Å²) in [7, 11) is 0. The molecule has 3 amide bonds. The monoisotopic (exact) mass is 375 g/mol. The molecule has 2 aliphatic rings. The summed E-state index contributed by atoms with van der Waals surface area (Å²) >= 11 is 1.27. The van der Waals surface area contributed by atoms with Crippen molar-refractivity contribution < 1.29 is 14.4 Å². The van der Waals surface area contributed by atoms with Crippen molar-refractivity contribution in [3.8, 4) is 0 Å².